The first-order valence-electron chi connectivity index (χ1n) is 4.93. The maximum atomic E-state index is 11.3. The van der Waals surface area contributed by atoms with Crippen LogP contribution >= 0.6 is 12.0 Å². The first-order chi connectivity index (χ1) is 7.39. The predicted octanol–water partition coefficient (Wildman–Crippen LogP) is 1.87. The quantitative estimate of drug-likeness (QED) is 0.727. The zero-order valence-electron chi connectivity index (χ0n) is 10.4. The van der Waals surface area contributed by atoms with Crippen molar-refractivity contribution in [3.63, 3.8) is 0 Å². The van der Waals surface area contributed by atoms with Gasteiger partial charge in [-0.3, -0.25) is 0 Å². The zero-order chi connectivity index (χ0) is 12.6. The number of hydrogen-bond acceptors (Lipinski definition) is 5. The van der Waals surface area contributed by atoms with E-state index in [9.17, 15) is 4.79 Å². The number of hydrogen-bond donors (Lipinski definition) is 2. The van der Waals surface area contributed by atoms with E-state index < -0.39 is 11.7 Å². The van der Waals surface area contributed by atoms with Crippen LogP contribution in [-0.2, 0) is 8.92 Å². The van der Waals surface area contributed by atoms with Crippen LogP contribution in [0.5, 0.6) is 0 Å². The van der Waals surface area contributed by atoms with E-state index in [-0.39, 0.29) is 0 Å². The average Bonchev–Trinajstić information content (AvgIpc) is 2.12. The molecule has 0 heterocycles. The van der Waals surface area contributed by atoms with Gasteiger partial charge in [-0.2, -0.15) is 0 Å². The van der Waals surface area contributed by atoms with Gasteiger partial charge in [-0.1, -0.05) is 0 Å². The minimum absolute atomic E-state index is 0.369. The minimum atomic E-state index is -0.481. The molecule has 0 rings (SSSR count). The van der Waals surface area contributed by atoms with E-state index in [0.29, 0.717) is 6.54 Å². The number of alkyl carbamates (subject to hydrolysis) is 1. The molecule has 0 aromatic carbocycles. The van der Waals surface area contributed by atoms with Gasteiger partial charge in [0.25, 0.3) is 0 Å². The van der Waals surface area contributed by atoms with Gasteiger partial charge in [-0.15, -0.1) is 0 Å². The molecule has 1 amide bonds. The van der Waals surface area contributed by atoms with Crippen molar-refractivity contribution in [1.82, 2.24) is 10.6 Å². The van der Waals surface area contributed by atoms with Gasteiger partial charge in [0.2, 0.25) is 0 Å². The number of carbonyl (C=O) groups is 1. The second kappa shape index (κ2) is 7.40. The lowest BCUT2D eigenvalue weighted by Crippen LogP contribution is -2.33. The molecule has 0 aromatic rings. The Morgan fingerprint density at radius 2 is 2.06 bits per heavy atom. The Kier molecular flexibility index (Phi) is 7.00. The fourth-order valence-corrected chi connectivity index (χ4v) is 1.36. The van der Waals surface area contributed by atoms with Gasteiger partial charge >= 0.3 is 6.09 Å². The molecular formula is C10H20N2O3S. The summed E-state index contributed by atoms with van der Waals surface area (Å²) in [6, 6.07) is 0. The highest BCUT2D eigenvalue weighted by Crippen LogP contribution is 2.13. The molecule has 5 nitrogen and oxygen atoms in total. The third-order valence-corrected chi connectivity index (χ3v) is 1.94. The molecule has 0 saturated heterocycles. The highest BCUT2D eigenvalue weighted by Gasteiger charge is 2.15. The van der Waals surface area contributed by atoms with Crippen LogP contribution in [-0.4, -0.2) is 32.4 Å². The zero-order valence-corrected chi connectivity index (χ0v) is 11.2. The van der Waals surface area contributed by atoms with Gasteiger partial charge in [0.1, 0.15) is 5.60 Å². The molecule has 0 bridgehead atoms. The molecule has 94 valence electrons. The standard InChI is InChI=1S/C10H20N2O3S/c1-10(2,3)15-9(13)12-7-8(6-11-4)16-14-5/h6,11H,7H2,1-5H3,(H,12,13)/b8-6-. The summed E-state index contributed by atoms with van der Waals surface area (Å²) in [5.74, 6) is 0. The number of ether oxygens (including phenoxy) is 1. The Balaban J connectivity index is 4.02. The Bertz CT molecular complexity index is 249. The Labute approximate surface area is 101 Å². The molecule has 6 heteroatoms. The van der Waals surface area contributed by atoms with Gasteiger partial charge < -0.3 is 19.6 Å². The molecular weight excluding hydrogens is 228 g/mol. The van der Waals surface area contributed by atoms with Crippen LogP contribution in [0.2, 0.25) is 0 Å². The SMILES string of the molecule is CN/C=C(/CNC(=O)OC(C)(C)C)SOC. The molecule has 0 unspecified atom stereocenters. The van der Waals surface area contributed by atoms with Crippen molar-refractivity contribution < 1.29 is 13.7 Å². The van der Waals surface area contributed by atoms with Gasteiger partial charge in [0.05, 0.1) is 13.7 Å². The highest BCUT2D eigenvalue weighted by molar-refractivity contribution is 7.98. The van der Waals surface area contributed by atoms with E-state index in [2.05, 4.69) is 10.6 Å². The molecule has 0 spiro atoms. The third-order valence-electron chi connectivity index (χ3n) is 1.30. The van der Waals surface area contributed by atoms with E-state index in [1.165, 1.54) is 12.0 Å². The maximum Gasteiger partial charge on any atom is 0.407 e. The molecule has 0 saturated carbocycles. The van der Waals surface area contributed by atoms with Gasteiger partial charge in [0.15, 0.2) is 0 Å². The van der Waals surface area contributed by atoms with Crippen molar-refractivity contribution >= 4 is 18.1 Å². The lowest BCUT2D eigenvalue weighted by Gasteiger charge is -2.19. The monoisotopic (exact) mass is 248 g/mol. The molecule has 2 N–H and O–H groups in total. The van der Waals surface area contributed by atoms with Crippen LogP contribution < -0.4 is 10.6 Å². The summed E-state index contributed by atoms with van der Waals surface area (Å²) in [5, 5.41) is 5.51. The third kappa shape index (κ3) is 8.43. The van der Waals surface area contributed by atoms with Crippen molar-refractivity contribution in [2.75, 3.05) is 20.7 Å². The minimum Gasteiger partial charge on any atom is -0.444 e. The summed E-state index contributed by atoms with van der Waals surface area (Å²) in [6.45, 7) is 5.83. The summed E-state index contributed by atoms with van der Waals surface area (Å²) in [5.41, 5.74) is -0.481. The summed E-state index contributed by atoms with van der Waals surface area (Å²) in [4.78, 5) is 12.2. The Morgan fingerprint density at radius 1 is 1.44 bits per heavy atom. The molecule has 0 aliphatic heterocycles. The maximum absolute atomic E-state index is 11.3. The lowest BCUT2D eigenvalue weighted by molar-refractivity contribution is 0.0533. The van der Waals surface area contributed by atoms with E-state index in [1.807, 2.05) is 20.8 Å². The van der Waals surface area contributed by atoms with Crippen LogP contribution in [0, 0.1) is 0 Å². The average molecular weight is 248 g/mol. The lowest BCUT2D eigenvalue weighted by atomic mass is 10.2. The molecule has 0 fully saturated rings. The fraction of sp³-hybridized carbons (Fsp3) is 0.700. The summed E-state index contributed by atoms with van der Waals surface area (Å²) < 4.78 is 10.0. The summed E-state index contributed by atoms with van der Waals surface area (Å²) >= 11 is 1.19. The topological polar surface area (TPSA) is 59.6 Å². The van der Waals surface area contributed by atoms with Crippen molar-refractivity contribution in [3.05, 3.63) is 11.1 Å². The van der Waals surface area contributed by atoms with E-state index in [4.69, 9.17) is 8.92 Å². The van der Waals surface area contributed by atoms with Crippen molar-refractivity contribution in [2.45, 2.75) is 26.4 Å². The van der Waals surface area contributed by atoms with Gasteiger partial charge in [-0.05, 0) is 20.8 Å². The van der Waals surface area contributed by atoms with Gasteiger partial charge in [-0.25, -0.2) is 4.79 Å². The Morgan fingerprint density at radius 3 is 2.50 bits per heavy atom. The van der Waals surface area contributed by atoms with E-state index in [0.717, 1.165) is 4.91 Å². The molecule has 0 aliphatic carbocycles. The van der Waals surface area contributed by atoms with E-state index >= 15 is 0 Å². The first-order valence-corrected chi connectivity index (χ1v) is 5.67. The molecule has 0 atom stereocenters. The second-order valence-corrected chi connectivity index (χ2v) is 5.03. The fourth-order valence-electron chi connectivity index (χ4n) is 0.846. The number of rotatable bonds is 5. The molecule has 0 aromatic heterocycles. The smallest absolute Gasteiger partial charge is 0.407 e. The molecule has 0 aliphatic rings. The second-order valence-electron chi connectivity index (χ2n) is 4.00. The summed E-state index contributed by atoms with van der Waals surface area (Å²) in [7, 11) is 3.35. The van der Waals surface area contributed by atoms with Crippen LogP contribution in [0.25, 0.3) is 0 Å². The van der Waals surface area contributed by atoms with Crippen LogP contribution in [0.1, 0.15) is 20.8 Å². The highest BCUT2D eigenvalue weighted by atomic mass is 32.2. The normalized spacial score (nSPS) is 12.2. The largest absolute Gasteiger partial charge is 0.444 e. The molecule has 0 radical (unpaired) electrons. The van der Waals surface area contributed by atoms with Crippen LogP contribution in [0.15, 0.2) is 11.1 Å². The predicted molar refractivity (Wildman–Crippen MR) is 66.0 cm³/mol. The summed E-state index contributed by atoms with van der Waals surface area (Å²) in [6.07, 6.45) is 1.32. The van der Waals surface area contributed by atoms with Crippen molar-refractivity contribution in [1.29, 1.82) is 0 Å². The van der Waals surface area contributed by atoms with Gasteiger partial charge in [0, 0.05) is 30.2 Å². The Hall–Kier alpha value is -0.880. The van der Waals surface area contributed by atoms with Crippen LogP contribution in [0.3, 0.4) is 0 Å². The van der Waals surface area contributed by atoms with Crippen LogP contribution in [0.4, 0.5) is 4.79 Å². The number of amides is 1. The van der Waals surface area contributed by atoms with Crippen molar-refractivity contribution in [2.24, 2.45) is 0 Å². The van der Waals surface area contributed by atoms with E-state index in [1.54, 1.807) is 20.4 Å². The van der Waals surface area contributed by atoms with Crippen molar-refractivity contribution in [3.8, 4) is 0 Å². The molecule has 16 heavy (non-hydrogen) atoms. The number of carbonyl (C=O) groups excluding carboxylic acids is 1. The first kappa shape index (κ1) is 15.1. The number of nitrogens with one attached hydrogen (secondary N) is 2.